The lowest BCUT2D eigenvalue weighted by atomic mass is 10.2. The fraction of sp³-hybridized carbons (Fsp3) is 0.353. The standard InChI is InChI=1S/C17H18N4O2S/c1-11-4-3-5-21-14(11)18-15-12(16(21)22)10-13(24-15)17(23)20-8-6-19(2)7-9-20/h3-5,10H,6-9H2,1-2H3/p+1. The minimum absolute atomic E-state index is 0.00989. The van der Waals surface area contributed by atoms with Crippen molar-refractivity contribution in [3.05, 3.63) is 45.2 Å². The predicted molar refractivity (Wildman–Crippen MR) is 94.1 cm³/mol. The molecule has 1 aliphatic rings. The molecular weight excluding hydrogens is 324 g/mol. The van der Waals surface area contributed by atoms with Crippen LogP contribution in [0.3, 0.4) is 0 Å². The van der Waals surface area contributed by atoms with Gasteiger partial charge < -0.3 is 9.80 Å². The quantitative estimate of drug-likeness (QED) is 0.686. The van der Waals surface area contributed by atoms with Crippen molar-refractivity contribution in [1.29, 1.82) is 0 Å². The van der Waals surface area contributed by atoms with Gasteiger partial charge in [0.25, 0.3) is 11.5 Å². The Morgan fingerprint density at radius 3 is 2.83 bits per heavy atom. The molecular formula is C17H19N4O2S+. The van der Waals surface area contributed by atoms with Crippen LogP contribution in [0.15, 0.2) is 29.2 Å². The molecule has 4 rings (SSSR count). The zero-order valence-corrected chi connectivity index (χ0v) is 14.5. The zero-order chi connectivity index (χ0) is 16.8. The summed E-state index contributed by atoms with van der Waals surface area (Å²) in [5.74, 6) is 0.00989. The van der Waals surface area contributed by atoms with Crippen molar-refractivity contribution in [2.75, 3.05) is 33.2 Å². The van der Waals surface area contributed by atoms with Crippen LogP contribution in [0, 0.1) is 6.92 Å². The summed E-state index contributed by atoms with van der Waals surface area (Å²) in [7, 11) is 2.14. The second-order valence-electron chi connectivity index (χ2n) is 6.38. The first kappa shape index (κ1) is 15.3. The van der Waals surface area contributed by atoms with Crippen LogP contribution in [0.25, 0.3) is 15.9 Å². The summed E-state index contributed by atoms with van der Waals surface area (Å²) in [6.07, 6.45) is 1.72. The van der Waals surface area contributed by atoms with Gasteiger partial charge in [-0.05, 0) is 24.6 Å². The van der Waals surface area contributed by atoms with Gasteiger partial charge in [-0.3, -0.25) is 14.0 Å². The Bertz CT molecular complexity index is 999. The maximum Gasteiger partial charge on any atom is 0.266 e. The number of quaternary nitrogens is 1. The molecule has 4 heterocycles. The monoisotopic (exact) mass is 343 g/mol. The topological polar surface area (TPSA) is 59.1 Å². The van der Waals surface area contributed by atoms with Crippen LogP contribution in [0.4, 0.5) is 0 Å². The van der Waals surface area contributed by atoms with Crippen LogP contribution < -0.4 is 10.5 Å². The summed E-state index contributed by atoms with van der Waals surface area (Å²) >= 11 is 1.32. The third-order valence-corrected chi connectivity index (χ3v) is 5.66. The van der Waals surface area contributed by atoms with Gasteiger partial charge in [0.05, 0.1) is 43.5 Å². The average molecular weight is 343 g/mol. The van der Waals surface area contributed by atoms with Gasteiger partial charge in [0.1, 0.15) is 10.5 Å². The molecule has 1 fully saturated rings. The molecule has 0 aromatic carbocycles. The van der Waals surface area contributed by atoms with E-state index in [0.29, 0.717) is 20.7 Å². The van der Waals surface area contributed by atoms with Crippen LogP contribution in [0.2, 0.25) is 0 Å². The third-order valence-electron chi connectivity index (χ3n) is 4.65. The molecule has 3 aromatic heterocycles. The van der Waals surface area contributed by atoms with E-state index in [2.05, 4.69) is 12.0 Å². The van der Waals surface area contributed by atoms with Crippen molar-refractivity contribution in [2.24, 2.45) is 0 Å². The Morgan fingerprint density at radius 1 is 1.33 bits per heavy atom. The smallest absolute Gasteiger partial charge is 0.266 e. The molecule has 124 valence electrons. The minimum atomic E-state index is -0.114. The summed E-state index contributed by atoms with van der Waals surface area (Å²) in [5.41, 5.74) is 1.48. The molecule has 24 heavy (non-hydrogen) atoms. The van der Waals surface area contributed by atoms with E-state index in [4.69, 9.17) is 0 Å². The highest BCUT2D eigenvalue weighted by Crippen LogP contribution is 2.24. The molecule has 0 aliphatic carbocycles. The Labute approximate surface area is 142 Å². The molecule has 0 spiro atoms. The number of thiophene rings is 1. The number of piperazine rings is 1. The normalized spacial score (nSPS) is 16.2. The number of hydrogen-bond acceptors (Lipinski definition) is 4. The summed E-state index contributed by atoms with van der Waals surface area (Å²) in [4.78, 5) is 34.6. The van der Waals surface area contributed by atoms with Crippen LogP contribution in [0.1, 0.15) is 15.2 Å². The summed E-state index contributed by atoms with van der Waals surface area (Å²) in [5, 5.41) is 0.520. The van der Waals surface area contributed by atoms with Crippen LogP contribution in [-0.4, -0.2) is 53.4 Å². The molecule has 3 aromatic rings. The number of likely N-dealkylation sites (N-methyl/N-ethyl adjacent to an activating group) is 1. The van der Waals surface area contributed by atoms with Gasteiger partial charge in [0, 0.05) is 6.20 Å². The van der Waals surface area contributed by atoms with E-state index in [1.807, 2.05) is 24.0 Å². The van der Waals surface area contributed by atoms with Gasteiger partial charge in [-0.1, -0.05) is 6.07 Å². The number of rotatable bonds is 1. The van der Waals surface area contributed by atoms with Crippen molar-refractivity contribution in [3.8, 4) is 0 Å². The van der Waals surface area contributed by atoms with Crippen LogP contribution >= 0.6 is 11.3 Å². The molecule has 7 heteroatoms. The van der Waals surface area contributed by atoms with Gasteiger partial charge >= 0.3 is 0 Å². The number of aryl methyl sites for hydroxylation is 1. The number of hydrogen-bond donors (Lipinski definition) is 1. The zero-order valence-electron chi connectivity index (χ0n) is 13.7. The first-order valence-electron chi connectivity index (χ1n) is 8.06. The van der Waals surface area contributed by atoms with Crippen molar-refractivity contribution >= 4 is 33.1 Å². The van der Waals surface area contributed by atoms with E-state index < -0.39 is 0 Å². The van der Waals surface area contributed by atoms with Gasteiger partial charge in [0.2, 0.25) is 0 Å². The van der Waals surface area contributed by atoms with Gasteiger partial charge in [0.15, 0.2) is 0 Å². The minimum Gasteiger partial charge on any atom is -0.334 e. The fourth-order valence-corrected chi connectivity index (χ4v) is 4.10. The lowest BCUT2D eigenvalue weighted by Gasteiger charge is -2.29. The van der Waals surface area contributed by atoms with Crippen molar-refractivity contribution in [1.82, 2.24) is 14.3 Å². The Kier molecular flexibility index (Phi) is 3.62. The molecule has 1 aliphatic heterocycles. The maximum absolute atomic E-state index is 12.7. The molecule has 0 saturated carbocycles. The molecule has 1 N–H and O–H groups in total. The second-order valence-corrected chi connectivity index (χ2v) is 7.41. The number of carbonyl (C=O) groups is 1. The van der Waals surface area contributed by atoms with Crippen molar-refractivity contribution < 1.29 is 9.69 Å². The Morgan fingerprint density at radius 2 is 2.08 bits per heavy atom. The van der Waals surface area contributed by atoms with E-state index in [-0.39, 0.29) is 11.5 Å². The van der Waals surface area contributed by atoms with Crippen LogP contribution in [-0.2, 0) is 0 Å². The molecule has 0 unspecified atom stereocenters. The van der Waals surface area contributed by atoms with E-state index in [9.17, 15) is 9.59 Å². The molecule has 1 saturated heterocycles. The van der Waals surface area contributed by atoms with E-state index in [0.717, 1.165) is 31.7 Å². The number of nitrogens with one attached hydrogen (secondary N) is 1. The molecule has 6 nitrogen and oxygen atoms in total. The highest BCUT2D eigenvalue weighted by atomic mass is 32.1. The molecule has 0 bridgehead atoms. The number of amides is 1. The lowest BCUT2D eigenvalue weighted by molar-refractivity contribution is -0.883. The summed E-state index contributed by atoms with van der Waals surface area (Å²) < 4.78 is 1.55. The Balaban J connectivity index is 1.79. The maximum atomic E-state index is 12.7. The third kappa shape index (κ3) is 2.40. The SMILES string of the molecule is Cc1cccn2c(=O)c3cc(C(=O)N4CC[NH+](C)CC4)sc3nc12. The van der Waals surface area contributed by atoms with E-state index in [1.54, 1.807) is 16.7 Å². The molecule has 0 radical (unpaired) electrons. The van der Waals surface area contributed by atoms with Crippen molar-refractivity contribution in [2.45, 2.75) is 6.92 Å². The Hall–Kier alpha value is -2.25. The summed E-state index contributed by atoms with van der Waals surface area (Å²) in [6, 6.07) is 5.47. The number of nitrogens with zero attached hydrogens (tertiary/aromatic N) is 3. The predicted octanol–water partition coefficient (Wildman–Crippen LogP) is 0.188. The number of pyridine rings is 1. The molecule has 0 atom stereocenters. The van der Waals surface area contributed by atoms with Gasteiger partial charge in [-0.2, -0.15) is 0 Å². The van der Waals surface area contributed by atoms with Gasteiger partial charge in [-0.25, -0.2) is 4.98 Å². The number of carbonyl (C=O) groups excluding carboxylic acids is 1. The van der Waals surface area contributed by atoms with Crippen LogP contribution in [0.5, 0.6) is 0 Å². The van der Waals surface area contributed by atoms with E-state index in [1.165, 1.54) is 16.2 Å². The number of fused-ring (bicyclic) bond motifs is 2. The first-order valence-corrected chi connectivity index (χ1v) is 8.88. The van der Waals surface area contributed by atoms with Gasteiger partial charge in [-0.15, -0.1) is 11.3 Å². The highest BCUT2D eigenvalue weighted by Gasteiger charge is 2.24. The van der Waals surface area contributed by atoms with Crippen molar-refractivity contribution in [3.63, 3.8) is 0 Å². The average Bonchev–Trinajstić information content (AvgIpc) is 3.01. The summed E-state index contributed by atoms with van der Waals surface area (Å²) in [6.45, 7) is 5.36. The first-order chi connectivity index (χ1) is 11.5. The lowest BCUT2D eigenvalue weighted by Crippen LogP contribution is -3.12. The molecule has 1 amide bonds. The fourth-order valence-electron chi connectivity index (χ4n) is 3.11. The van der Waals surface area contributed by atoms with E-state index >= 15 is 0 Å². The largest absolute Gasteiger partial charge is 0.334 e. The second kappa shape index (κ2) is 5.68. The number of aromatic nitrogens is 2. The highest BCUT2D eigenvalue weighted by molar-refractivity contribution is 7.20.